The van der Waals surface area contributed by atoms with E-state index in [4.69, 9.17) is 0 Å². The van der Waals surface area contributed by atoms with Gasteiger partial charge in [0.15, 0.2) is 0 Å². The minimum atomic E-state index is 0.557. The Hall–Kier alpha value is -1.62. The number of benzene rings is 1. The molecule has 1 fully saturated rings. The summed E-state index contributed by atoms with van der Waals surface area (Å²) in [5.41, 5.74) is 2.18. The molecule has 0 spiro atoms. The Kier molecular flexibility index (Phi) is 4.39. The van der Waals surface area contributed by atoms with Crippen molar-refractivity contribution in [3.8, 4) is 0 Å². The summed E-state index contributed by atoms with van der Waals surface area (Å²) in [5.74, 6) is 1.51. The number of nitrogens with zero attached hydrogens (tertiary/aromatic N) is 2. The van der Waals surface area contributed by atoms with E-state index in [1.165, 1.54) is 31.2 Å². The van der Waals surface area contributed by atoms with E-state index in [0.29, 0.717) is 12.0 Å². The summed E-state index contributed by atoms with van der Waals surface area (Å²) >= 11 is 3.54. The molecule has 4 nitrogen and oxygen atoms in total. The molecule has 1 aliphatic rings. The summed E-state index contributed by atoms with van der Waals surface area (Å²) in [6.45, 7) is 2.07. The maximum absolute atomic E-state index is 4.53. The first-order valence-corrected chi connectivity index (χ1v) is 8.13. The van der Waals surface area contributed by atoms with E-state index in [0.717, 1.165) is 16.0 Å². The number of hydrogen-bond donors (Lipinski definition) is 2. The summed E-state index contributed by atoms with van der Waals surface area (Å²) in [6, 6.07) is 8.61. The summed E-state index contributed by atoms with van der Waals surface area (Å²) < 4.78 is 1.08. The maximum atomic E-state index is 4.53. The van der Waals surface area contributed by atoms with Crippen LogP contribution in [0.5, 0.6) is 0 Å². The molecule has 0 saturated heterocycles. The molecule has 0 bridgehead atoms. The van der Waals surface area contributed by atoms with Gasteiger partial charge in [0, 0.05) is 22.4 Å². The molecule has 2 aromatic rings. The van der Waals surface area contributed by atoms with Crippen molar-refractivity contribution in [2.45, 2.75) is 38.6 Å². The second kappa shape index (κ2) is 6.43. The number of aryl methyl sites for hydroxylation is 1. The molecule has 1 saturated carbocycles. The highest BCUT2D eigenvalue weighted by molar-refractivity contribution is 9.10. The average molecular weight is 347 g/mol. The first-order chi connectivity index (χ1) is 10.2. The zero-order valence-electron chi connectivity index (χ0n) is 12.1. The monoisotopic (exact) mass is 346 g/mol. The maximum Gasteiger partial charge on any atom is 0.229 e. The molecule has 0 aliphatic heterocycles. The van der Waals surface area contributed by atoms with Crippen molar-refractivity contribution in [3.05, 3.63) is 40.5 Å². The molecule has 110 valence electrons. The minimum absolute atomic E-state index is 0.557. The molecule has 3 rings (SSSR count). The SMILES string of the molecule is Cc1ccc(Nc2nccc(NC3CCCC3)n2)cc1Br. The molecule has 21 heavy (non-hydrogen) atoms. The van der Waals surface area contributed by atoms with E-state index in [1.807, 2.05) is 18.2 Å². The van der Waals surface area contributed by atoms with E-state index < -0.39 is 0 Å². The van der Waals surface area contributed by atoms with Gasteiger partial charge in [-0.15, -0.1) is 0 Å². The van der Waals surface area contributed by atoms with E-state index >= 15 is 0 Å². The van der Waals surface area contributed by atoms with Gasteiger partial charge in [-0.05, 0) is 43.5 Å². The highest BCUT2D eigenvalue weighted by atomic mass is 79.9. The highest BCUT2D eigenvalue weighted by Crippen LogP contribution is 2.24. The van der Waals surface area contributed by atoms with Gasteiger partial charge in [-0.1, -0.05) is 34.8 Å². The summed E-state index contributed by atoms with van der Waals surface area (Å²) in [5, 5.41) is 6.73. The summed E-state index contributed by atoms with van der Waals surface area (Å²) in [7, 11) is 0. The van der Waals surface area contributed by atoms with Gasteiger partial charge in [0.1, 0.15) is 5.82 Å². The lowest BCUT2D eigenvalue weighted by molar-refractivity contribution is 0.750. The largest absolute Gasteiger partial charge is 0.367 e. The molecule has 0 unspecified atom stereocenters. The smallest absolute Gasteiger partial charge is 0.229 e. The number of halogens is 1. The van der Waals surface area contributed by atoms with Crippen molar-refractivity contribution in [2.75, 3.05) is 10.6 Å². The van der Waals surface area contributed by atoms with Gasteiger partial charge in [-0.3, -0.25) is 0 Å². The average Bonchev–Trinajstić information content (AvgIpc) is 2.96. The minimum Gasteiger partial charge on any atom is -0.367 e. The van der Waals surface area contributed by atoms with Crippen LogP contribution in [0.25, 0.3) is 0 Å². The number of rotatable bonds is 4. The van der Waals surface area contributed by atoms with Crippen molar-refractivity contribution >= 4 is 33.4 Å². The number of aromatic nitrogens is 2. The van der Waals surface area contributed by atoms with Gasteiger partial charge in [-0.2, -0.15) is 4.98 Å². The molecular weight excluding hydrogens is 328 g/mol. The Morgan fingerprint density at radius 3 is 2.76 bits per heavy atom. The lowest BCUT2D eigenvalue weighted by Crippen LogP contribution is -2.15. The third-order valence-electron chi connectivity index (χ3n) is 3.79. The van der Waals surface area contributed by atoms with Gasteiger partial charge in [0.25, 0.3) is 0 Å². The van der Waals surface area contributed by atoms with Gasteiger partial charge in [-0.25, -0.2) is 4.98 Å². The van der Waals surface area contributed by atoms with E-state index in [-0.39, 0.29) is 0 Å². The van der Waals surface area contributed by atoms with Crippen LogP contribution in [0.15, 0.2) is 34.9 Å². The lowest BCUT2D eigenvalue weighted by Gasteiger charge is -2.13. The Balaban J connectivity index is 1.71. The predicted molar refractivity (Wildman–Crippen MR) is 90.1 cm³/mol. The fraction of sp³-hybridized carbons (Fsp3) is 0.375. The third-order valence-corrected chi connectivity index (χ3v) is 4.65. The molecule has 1 aromatic heterocycles. The molecular formula is C16H19BrN4. The van der Waals surface area contributed by atoms with Gasteiger partial charge >= 0.3 is 0 Å². The van der Waals surface area contributed by atoms with E-state index in [2.05, 4.69) is 49.5 Å². The van der Waals surface area contributed by atoms with Crippen LogP contribution in [-0.4, -0.2) is 16.0 Å². The molecule has 2 N–H and O–H groups in total. The summed E-state index contributed by atoms with van der Waals surface area (Å²) in [4.78, 5) is 8.82. The Morgan fingerprint density at radius 1 is 1.19 bits per heavy atom. The van der Waals surface area contributed by atoms with Crippen LogP contribution >= 0.6 is 15.9 Å². The second-order valence-corrected chi connectivity index (χ2v) is 6.33. The van der Waals surface area contributed by atoms with Gasteiger partial charge in [0.05, 0.1) is 0 Å². The molecule has 1 aromatic carbocycles. The second-order valence-electron chi connectivity index (χ2n) is 5.48. The number of anilines is 3. The predicted octanol–water partition coefficient (Wildman–Crippen LogP) is 4.65. The number of nitrogens with one attached hydrogen (secondary N) is 2. The fourth-order valence-corrected chi connectivity index (χ4v) is 2.96. The highest BCUT2D eigenvalue weighted by Gasteiger charge is 2.15. The lowest BCUT2D eigenvalue weighted by atomic mass is 10.2. The topological polar surface area (TPSA) is 49.8 Å². The fourth-order valence-electron chi connectivity index (χ4n) is 2.58. The molecule has 0 atom stereocenters. The molecule has 0 radical (unpaired) electrons. The molecule has 5 heteroatoms. The molecule has 1 heterocycles. The molecule has 0 amide bonds. The van der Waals surface area contributed by atoms with Gasteiger partial charge < -0.3 is 10.6 Å². The first-order valence-electron chi connectivity index (χ1n) is 7.33. The van der Waals surface area contributed by atoms with E-state index in [9.17, 15) is 0 Å². The van der Waals surface area contributed by atoms with Crippen LogP contribution in [0.1, 0.15) is 31.2 Å². The molecule has 1 aliphatic carbocycles. The summed E-state index contributed by atoms with van der Waals surface area (Å²) in [6.07, 6.45) is 6.88. The van der Waals surface area contributed by atoms with Crippen LogP contribution < -0.4 is 10.6 Å². The van der Waals surface area contributed by atoms with Crippen molar-refractivity contribution in [1.82, 2.24) is 9.97 Å². The Morgan fingerprint density at radius 2 is 2.00 bits per heavy atom. The Bertz CT molecular complexity index is 623. The quantitative estimate of drug-likeness (QED) is 0.846. The van der Waals surface area contributed by atoms with Crippen molar-refractivity contribution in [1.29, 1.82) is 0 Å². The van der Waals surface area contributed by atoms with Crippen LogP contribution in [-0.2, 0) is 0 Å². The zero-order chi connectivity index (χ0) is 14.7. The van der Waals surface area contributed by atoms with Crippen LogP contribution in [0.2, 0.25) is 0 Å². The van der Waals surface area contributed by atoms with E-state index in [1.54, 1.807) is 6.20 Å². The first kappa shape index (κ1) is 14.3. The normalized spacial score (nSPS) is 15.1. The van der Waals surface area contributed by atoms with Crippen molar-refractivity contribution in [2.24, 2.45) is 0 Å². The van der Waals surface area contributed by atoms with Crippen LogP contribution in [0, 0.1) is 6.92 Å². The van der Waals surface area contributed by atoms with Crippen molar-refractivity contribution in [3.63, 3.8) is 0 Å². The standard InChI is InChI=1S/C16H19BrN4/c1-11-6-7-13(10-14(11)17)20-16-18-9-8-15(21-16)19-12-4-2-3-5-12/h6-10,12H,2-5H2,1H3,(H2,18,19,20,21). The van der Waals surface area contributed by atoms with Crippen LogP contribution in [0.4, 0.5) is 17.5 Å². The Labute approximate surface area is 133 Å². The van der Waals surface area contributed by atoms with Crippen LogP contribution in [0.3, 0.4) is 0 Å². The van der Waals surface area contributed by atoms with Gasteiger partial charge in [0.2, 0.25) is 5.95 Å². The third kappa shape index (κ3) is 3.73. The van der Waals surface area contributed by atoms with Crippen molar-refractivity contribution < 1.29 is 0 Å². The number of hydrogen-bond acceptors (Lipinski definition) is 4. The zero-order valence-corrected chi connectivity index (χ0v) is 13.7.